The van der Waals surface area contributed by atoms with Crippen LogP contribution < -0.4 is 15.1 Å². The van der Waals surface area contributed by atoms with Gasteiger partial charge in [-0.25, -0.2) is 4.79 Å². The Labute approximate surface area is 208 Å². The van der Waals surface area contributed by atoms with Crippen LogP contribution in [-0.2, 0) is 10.2 Å². The third-order valence-corrected chi connectivity index (χ3v) is 7.40. The van der Waals surface area contributed by atoms with Crippen LogP contribution in [0.2, 0.25) is 0 Å². The van der Waals surface area contributed by atoms with Crippen molar-refractivity contribution in [2.45, 2.75) is 82.8 Å². The summed E-state index contributed by atoms with van der Waals surface area (Å²) >= 11 is 0. The number of rotatable bonds is 7. The Kier molecular flexibility index (Phi) is 7.47. The van der Waals surface area contributed by atoms with Gasteiger partial charge in [0.25, 0.3) is 0 Å². The molecule has 3 heterocycles. The standard InChI is InChI=1S/C26H34O10/c1-12(10-27)6-5-7-26(4)14(3)33-23-18-13(2)8-15(9-16(18)35-24(32)19(23)26)34-25-22(31)21(30)20(29)17(11-28)36-25/h6,8-9,14,17,20-22,25,27-31H,5,7,10-11H2,1-4H3. The summed E-state index contributed by atoms with van der Waals surface area (Å²) in [6, 6.07) is 3.14. The number of ether oxygens (including phenoxy) is 3. The van der Waals surface area contributed by atoms with Crippen molar-refractivity contribution in [2.75, 3.05) is 13.2 Å². The molecule has 10 nitrogen and oxygen atoms in total. The second kappa shape index (κ2) is 10.1. The zero-order chi connectivity index (χ0) is 26.4. The van der Waals surface area contributed by atoms with Gasteiger partial charge in [0.1, 0.15) is 47.6 Å². The lowest BCUT2D eigenvalue weighted by Crippen LogP contribution is -2.60. The van der Waals surface area contributed by atoms with Crippen LogP contribution in [0.5, 0.6) is 11.5 Å². The highest BCUT2D eigenvalue weighted by Crippen LogP contribution is 2.48. The predicted octanol–water partition coefficient (Wildman–Crippen LogP) is 1.04. The van der Waals surface area contributed by atoms with Crippen molar-refractivity contribution in [2.24, 2.45) is 0 Å². The van der Waals surface area contributed by atoms with E-state index < -0.39 is 48.4 Å². The molecule has 2 aliphatic rings. The lowest BCUT2D eigenvalue weighted by molar-refractivity contribution is -0.277. The smallest absolute Gasteiger partial charge is 0.343 e. The fourth-order valence-corrected chi connectivity index (χ4v) is 4.96. The monoisotopic (exact) mass is 506 g/mol. The van der Waals surface area contributed by atoms with E-state index in [1.807, 2.05) is 26.8 Å². The Bertz CT molecular complexity index is 1200. The summed E-state index contributed by atoms with van der Waals surface area (Å²) in [7, 11) is 0. The first-order valence-electron chi connectivity index (χ1n) is 12.0. The molecular weight excluding hydrogens is 472 g/mol. The number of benzene rings is 1. The third kappa shape index (κ3) is 4.53. The van der Waals surface area contributed by atoms with Crippen LogP contribution in [0.15, 0.2) is 33.0 Å². The molecule has 4 rings (SSSR count). The summed E-state index contributed by atoms with van der Waals surface area (Å²) in [6.45, 7) is 6.95. The summed E-state index contributed by atoms with van der Waals surface area (Å²) in [5, 5.41) is 49.6. The SMILES string of the molecule is CC(=CCCC1(C)c2c(c3c(C)cc(OC4OC(CO)C(O)C(O)C4O)cc3oc2=O)OC1C)CO. The van der Waals surface area contributed by atoms with Crippen molar-refractivity contribution < 1.29 is 44.2 Å². The predicted molar refractivity (Wildman–Crippen MR) is 129 cm³/mol. The molecule has 0 bridgehead atoms. The maximum atomic E-state index is 13.2. The van der Waals surface area contributed by atoms with Crippen molar-refractivity contribution in [1.82, 2.24) is 0 Å². The highest BCUT2D eigenvalue weighted by molar-refractivity contribution is 5.90. The number of aliphatic hydroxyl groups excluding tert-OH is 5. The molecule has 1 aromatic heterocycles. The minimum Gasteiger partial charge on any atom is -0.488 e. The largest absolute Gasteiger partial charge is 0.488 e. The zero-order valence-corrected chi connectivity index (χ0v) is 20.8. The Morgan fingerprint density at radius 3 is 2.56 bits per heavy atom. The van der Waals surface area contributed by atoms with E-state index in [1.165, 1.54) is 6.07 Å². The van der Waals surface area contributed by atoms with Crippen molar-refractivity contribution in [3.05, 3.63) is 45.3 Å². The van der Waals surface area contributed by atoms with Crippen molar-refractivity contribution in [3.8, 4) is 11.5 Å². The highest BCUT2D eigenvalue weighted by atomic mass is 16.7. The molecule has 0 amide bonds. The topological polar surface area (TPSA) is 159 Å². The minimum atomic E-state index is -1.58. The summed E-state index contributed by atoms with van der Waals surface area (Å²) in [6.07, 6.45) is -4.16. The lowest BCUT2D eigenvalue weighted by Gasteiger charge is -2.39. The van der Waals surface area contributed by atoms with Crippen molar-refractivity contribution in [1.29, 1.82) is 0 Å². The molecule has 0 saturated carbocycles. The van der Waals surface area contributed by atoms with Gasteiger partial charge in [-0.2, -0.15) is 0 Å². The van der Waals surface area contributed by atoms with Gasteiger partial charge >= 0.3 is 5.63 Å². The molecule has 5 N–H and O–H groups in total. The lowest BCUT2D eigenvalue weighted by atomic mass is 9.76. The van der Waals surface area contributed by atoms with Crippen LogP contribution >= 0.6 is 0 Å². The Balaban J connectivity index is 1.68. The normalized spacial score (nSPS) is 32.4. The zero-order valence-electron chi connectivity index (χ0n) is 20.8. The van der Waals surface area contributed by atoms with Crippen LogP contribution in [-0.4, -0.2) is 75.6 Å². The molecule has 2 aliphatic heterocycles. The third-order valence-electron chi connectivity index (χ3n) is 7.40. The number of allylic oxidation sites excluding steroid dienone is 1. The van der Waals surface area contributed by atoms with E-state index in [2.05, 4.69) is 0 Å². The fourth-order valence-electron chi connectivity index (χ4n) is 4.96. The van der Waals surface area contributed by atoms with Crippen LogP contribution in [0, 0.1) is 6.92 Å². The molecule has 0 spiro atoms. The average molecular weight is 507 g/mol. The average Bonchev–Trinajstić information content (AvgIpc) is 3.09. The van der Waals surface area contributed by atoms with E-state index in [1.54, 1.807) is 13.0 Å². The summed E-state index contributed by atoms with van der Waals surface area (Å²) < 4.78 is 23.1. The highest BCUT2D eigenvalue weighted by Gasteiger charge is 2.47. The van der Waals surface area contributed by atoms with E-state index >= 15 is 0 Å². The maximum absolute atomic E-state index is 13.2. The Morgan fingerprint density at radius 2 is 1.89 bits per heavy atom. The maximum Gasteiger partial charge on any atom is 0.343 e. The van der Waals surface area contributed by atoms with Gasteiger partial charge in [-0.05, 0) is 45.2 Å². The van der Waals surface area contributed by atoms with Gasteiger partial charge in [0, 0.05) is 11.5 Å². The van der Waals surface area contributed by atoms with Gasteiger partial charge in [0.15, 0.2) is 0 Å². The van der Waals surface area contributed by atoms with Gasteiger partial charge in [-0.15, -0.1) is 0 Å². The van der Waals surface area contributed by atoms with Crippen LogP contribution in [0.4, 0.5) is 0 Å². The summed E-state index contributed by atoms with van der Waals surface area (Å²) in [4.78, 5) is 13.2. The van der Waals surface area contributed by atoms with Gasteiger partial charge in [0.05, 0.1) is 24.2 Å². The molecule has 1 saturated heterocycles. The number of aryl methyl sites for hydroxylation is 1. The first kappa shape index (κ1) is 26.6. The van der Waals surface area contributed by atoms with Gasteiger partial charge < -0.3 is 44.2 Å². The first-order valence-corrected chi connectivity index (χ1v) is 12.0. The molecule has 2 aromatic rings. The summed E-state index contributed by atoms with van der Waals surface area (Å²) in [5.74, 6) is 0.668. The molecular formula is C26H34O10. The Morgan fingerprint density at radius 1 is 1.17 bits per heavy atom. The molecule has 36 heavy (non-hydrogen) atoms. The molecule has 7 atom stereocenters. The molecule has 0 aliphatic carbocycles. The minimum absolute atomic E-state index is 0.0150. The molecule has 10 heteroatoms. The number of aliphatic hydroxyl groups is 5. The van der Waals surface area contributed by atoms with Gasteiger partial charge in [0.2, 0.25) is 6.29 Å². The van der Waals surface area contributed by atoms with Gasteiger partial charge in [-0.1, -0.05) is 18.6 Å². The first-order chi connectivity index (χ1) is 17.0. The fraction of sp³-hybridized carbons (Fsp3) is 0.577. The van der Waals surface area contributed by atoms with Crippen LogP contribution in [0.3, 0.4) is 0 Å². The van der Waals surface area contributed by atoms with Crippen molar-refractivity contribution in [3.63, 3.8) is 0 Å². The number of fused-ring (bicyclic) bond motifs is 3. The second-order valence-electron chi connectivity index (χ2n) is 9.95. The Hall–Kier alpha value is -2.47. The molecule has 1 fully saturated rings. The molecule has 7 unspecified atom stereocenters. The summed E-state index contributed by atoms with van der Waals surface area (Å²) in [5.41, 5.74) is 1.15. The number of hydrogen-bond acceptors (Lipinski definition) is 10. The van der Waals surface area contributed by atoms with Crippen LogP contribution in [0.25, 0.3) is 11.0 Å². The number of hydrogen-bond donors (Lipinski definition) is 5. The van der Waals surface area contributed by atoms with Gasteiger partial charge in [-0.3, -0.25) is 0 Å². The van der Waals surface area contributed by atoms with E-state index in [4.69, 9.17) is 18.6 Å². The van der Waals surface area contributed by atoms with Crippen molar-refractivity contribution >= 4 is 11.0 Å². The van der Waals surface area contributed by atoms with E-state index in [9.17, 15) is 30.3 Å². The van der Waals surface area contributed by atoms with E-state index in [-0.39, 0.29) is 24.0 Å². The second-order valence-corrected chi connectivity index (χ2v) is 9.95. The molecule has 1 aromatic carbocycles. The van der Waals surface area contributed by atoms with E-state index in [0.717, 1.165) is 5.57 Å². The quantitative estimate of drug-likeness (QED) is 0.271. The molecule has 0 radical (unpaired) electrons. The molecule has 198 valence electrons. The van der Waals surface area contributed by atoms with E-state index in [0.29, 0.717) is 35.1 Å². The van der Waals surface area contributed by atoms with Crippen LogP contribution in [0.1, 0.15) is 44.7 Å².